The van der Waals surface area contributed by atoms with Crippen LogP contribution in [0.5, 0.6) is 0 Å². The summed E-state index contributed by atoms with van der Waals surface area (Å²) in [5.74, 6) is 3.82. The second-order valence-corrected chi connectivity index (χ2v) is 8.82. The van der Waals surface area contributed by atoms with Crippen molar-refractivity contribution in [3.05, 3.63) is 0 Å². The van der Waals surface area contributed by atoms with Gasteiger partial charge in [-0.25, -0.2) is 0 Å². The molecule has 21 heavy (non-hydrogen) atoms. The molecule has 0 heterocycles. The van der Waals surface area contributed by atoms with Gasteiger partial charge >= 0.3 is 0 Å². The number of fused-ring (bicyclic) bond motifs is 5. The number of hydrogen-bond acceptors (Lipinski definition) is 2. The zero-order chi connectivity index (χ0) is 14.8. The second-order valence-electron chi connectivity index (χ2n) is 8.82. The smallest absolute Gasteiger partial charge is 0.139 e. The van der Waals surface area contributed by atoms with Crippen molar-refractivity contribution in [3.63, 3.8) is 0 Å². The van der Waals surface area contributed by atoms with E-state index in [1.807, 2.05) is 0 Å². The Kier molecular flexibility index (Phi) is 2.94. The minimum atomic E-state index is -0.00511. The lowest BCUT2D eigenvalue weighted by molar-refractivity contribution is -0.144. The molecule has 4 aliphatic carbocycles. The van der Waals surface area contributed by atoms with Crippen LogP contribution in [0.15, 0.2) is 0 Å². The van der Waals surface area contributed by atoms with Gasteiger partial charge in [-0.05, 0) is 67.6 Å². The largest absolute Gasteiger partial charge is 0.300 e. The Bertz CT molecular complexity index is 496. The van der Waals surface area contributed by atoms with Crippen molar-refractivity contribution in [2.45, 2.75) is 71.6 Å². The van der Waals surface area contributed by atoms with Crippen molar-refractivity contribution >= 4 is 11.6 Å². The summed E-state index contributed by atoms with van der Waals surface area (Å²) in [5.41, 5.74) is 0.374. The van der Waals surface area contributed by atoms with Crippen LogP contribution in [0.1, 0.15) is 71.6 Å². The van der Waals surface area contributed by atoms with Crippen LogP contribution >= 0.6 is 0 Å². The SMILES string of the molecule is CC12CC[C@H]3[C@@H](CC[C@H]4CC(=O)CCC43C)[C@@H]1CCC2=O. The van der Waals surface area contributed by atoms with Gasteiger partial charge in [-0.1, -0.05) is 13.8 Å². The fraction of sp³-hybridized carbons (Fsp3) is 0.895. The highest BCUT2D eigenvalue weighted by Gasteiger charge is 2.60. The maximum Gasteiger partial charge on any atom is 0.139 e. The quantitative estimate of drug-likeness (QED) is 0.670. The highest BCUT2D eigenvalue weighted by Crippen LogP contribution is 2.65. The number of ketones is 2. The van der Waals surface area contributed by atoms with Gasteiger partial charge in [0.05, 0.1) is 0 Å². The molecule has 0 radical (unpaired) electrons. The third kappa shape index (κ3) is 1.77. The molecule has 6 atom stereocenters. The van der Waals surface area contributed by atoms with E-state index >= 15 is 0 Å². The van der Waals surface area contributed by atoms with Gasteiger partial charge in [0.25, 0.3) is 0 Å². The first-order valence-corrected chi connectivity index (χ1v) is 9.00. The van der Waals surface area contributed by atoms with E-state index in [4.69, 9.17) is 0 Å². The molecular formula is C19H28O2. The minimum absolute atomic E-state index is 0.00511. The molecule has 0 N–H and O–H groups in total. The van der Waals surface area contributed by atoms with Crippen molar-refractivity contribution in [2.24, 2.45) is 34.5 Å². The molecule has 2 unspecified atom stereocenters. The summed E-state index contributed by atoms with van der Waals surface area (Å²) < 4.78 is 0. The Balaban J connectivity index is 1.65. The number of hydrogen-bond donors (Lipinski definition) is 0. The third-order valence-corrected chi connectivity index (χ3v) is 8.19. The zero-order valence-corrected chi connectivity index (χ0v) is 13.5. The van der Waals surface area contributed by atoms with Crippen LogP contribution in [0.2, 0.25) is 0 Å². The van der Waals surface area contributed by atoms with E-state index in [0.717, 1.165) is 50.4 Å². The molecule has 0 aliphatic heterocycles. The fourth-order valence-corrected chi connectivity index (χ4v) is 6.82. The van der Waals surface area contributed by atoms with Crippen molar-refractivity contribution in [2.75, 3.05) is 0 Å². The average molecular weight is 288 g/mol. The molecule has 4 aliphatic rings. The average Bonchev–Trinajstić information content (AvgIpc) is 2.76. The monoisotopic (exact) mass is 288 g/mol. The molecule has 0 saturated heterocycles. The van der Waals surface area contributed by atoms with Crippen LogP contribution in [-0.4, -0.2) is 11.6 Å². The van der Waals surface area contributed by atoms with Crippen LogP contribution in [-0.2, 0) is 9.59 Å². The van der Waals surface area contributed by atoms with E-state index in [-0.39, 0.29) is 5.41 Å². The van der Waals surface area contributed by atoms with E-state index in [0.29, 0.717) is 28.8 Å². The topological polar surface area (TPSA) is 34.1 Å². The minimum Gasteiger partial charge on any atom is -0.300 e. The van der Waals surface area contributed by atoms with Crippen LogP contribution in [0.25, 0.3) is 0 Å². The van der Waals surface area contributed by atoms with E-state index in [1.54, 1.807) is 0 Å². The summed E-state index contributed by atoms with van der Waals surface area (Å²) in [5, 5.41) is 0. The van der Waals surface area contributed by atoms with Gasteiger partial charge in [-0.3, -0.25) is 9.59 Å². The van der Waals surface area contributed by atoms with Gasteiger partial charge in [0.15, 0.2) is 0 Å². The molecule has 0 amide bonds. The normalized spacial score (nSPS) is 53.0. The van der Waals surface area contributed by atoms with Crippen molar-refractivity contribution in [3.8, 4) is 0 Å². The summed E-state index contributed by atoms with van der Waals surface area (Å²) in [6.45, 7) is 4.72. The lowest BCUT2D eigenvalue weighted by Gasteiger charge is -2.59. The van der Waals surface area contributed by atoms with Gasteiger partial charge in [0, 0.05) is 24.7 Å². The molecule has 2 heteroatoms. The van der Waals surface area contributed by atoms with Crippen molar-refractivity contribution in [1.29, 1.82) is 0 Å². The number of carbonyl (C=O) groups is 2. The molecule has 4 fully saturated rings. The Morgan fingerprint density at radius 2 is 1.71 bits per heavy atom. The van der Waals surface area contributed by atoms with E-state index in [9.17, 15) is 9.59 Å². The lowest BCUT2D eigenvalue weighted by atomic mass is 9.45. The zero-order valence-electron chi connectivity index (χ0n) is 13.5. The lowest BCUT2D eigenvalue weighted by Crippen LogP contribution is -2.53. The second kappa shape index (κ2) is 4.43. The molecule has 0 aromatic heterocycles. The molecule has 0 aromatic carbocycles. The predicted octanol–water partition coefficient (Wildman–Crippen LogP) is 4.17. The van der Waals surface area contributed by atoms with Crippen LogP contribution < -0.4 is 0 Å². The number of Topliss-reactive ketones (excluding diaryl/α,β-unsaturated/α-hetero) is 2. The summed E-state index contributed by atoms with van der Waals surface area (Å²) in [6.07, 6.45) is 9.53. The highest BCUT2D eigenvalue weighted by molar-refractivity contribution is 5.87. The number of carbonyl (C=O) groups excluding carboxylic acids is 2. The maximum atomic E-state index is 12.4. The van der Waals surface area contributed by atoms with Crippen LogP contribution in [0.4, 0.5) is 0 Å². The summed E-state index contributed by atoms with van der Waals surface area (Å²) in [6, 6.07) is 0. The van der Waals surface area contributed by atoms with Gasteiger partial charge in [-0.2, -0.15) is 0 Å². The summed E-state index contributed by atoms with van der Waals surface area (Å²) in [7, 11) is 0. The molecule has 4 saturated carbocycles. The van der Waals surface area contributed by atoms with Gasteiger partial charge in [-0.15, -0.1) is 0 Å². The first-order valence-electron chi connectivity index (χ1n) is 9.00. The molecule has 2 nitrogen and oxygen atoms in total. The molecule has 0 spiro atoms. The Morgan fingerprint density at radius 1 is 0.905 bits per heavy atom. The molecule has 4 rings (SSSR count). The first kappa shape index (κ1) is 14.0. The van der Waals surface area contributed by atoms with E-state index in [1.165, 1.54) is 19.3 Å². The highest BCUT2D eigenvalue weighted by atomic mass is 16.1. The summed E-state index contributed by atoms with van der Waals surface area (Å²) in [4.78, 5) is 24.2. The van der Waals surface area contributed by atoms with Gasteiger partial charge in [0.1, 0.15) is 11.6 Å². The standard InChI is InChI=1S/C19H28O2/c1-18-9-7-13(20)11-12(18)3-4-14-15-5-6-17(21)19(15,2)10-8-16(14)18/h12,14-16H,3-11H2,1-2H3/t12-,14-,15-,16-,18?,19?/m0/s1. The Labute approximate surface area is 128 Å². The Hall–Kier alpha value is -0.660. The van der Waals surface area contributed by atoms with Gasteiger partial charge in [0.2, 0.25) is 0 Å². The maximum absolute atomic E-state index is 12.4. The van der Waals surface area contributed by atoms with Crippen molar-refractivity contribution in [1.82, 2.24) is 0 Å². The fourth-order valence-electron chi connectivity index (χ4n) is 6.82. The first-order chi connectivity index (χ1) is 9.95. The summed E-state index contributed by atoms with van der Waals surface area (Å²) >= 11 is 0. The molecule has 116 valence electrons. The predicted molar refractivity (Wildman–Crippen MR) is 81.7 cm³/mol. The van der Waals surface area contributed by atoms with Crippen LogP contribution in [0, 0.1) is 34.5 Å². The van der Waals surface area contributed by atoms with E-state index in [2.05, 4.69) is 13.8 Å². The van der Waals surface area contributed by atoms with Crippen LogP contribution in [0.3, 0.4) is 0 Å². The molecule has 0 bridgehead atoms. The molecule has 0 aromatic rings. The van der Waals surface area contributed by atoms with Gasteiger partial charge < -0.3 is 0 Å². The third-order valence-electron chi connectivity index (χ3n) is 8.19. The van der Waals surface area contributed by atoms with Crippen molar-refractivity contribution < 1.29 is 9.59 Å². The Morgan fingerprint density at radius 3 is 2.52 bits per heavy atom. The molecular weight excluding hydrogens is 260 g/mol. The van der Waals surface area contributed by atoms with E-state index < -0.39 is 0 Å². The number of rotatable bonds is 0.